The number of methoxy groups -OCH3 is 1. The molecular formula is C26H29NO6. The van der Waals surface area contributed by atoms with Crippen LogP contribution in [0.5, 0.6) is 11.5 Å². The van der Waals surface area contributed by atoms with Gasteiger partial charge < -0.3 is 24.6 Å². The minimum absolute atomic E-state index is 0.00954. The molecule has 7 nitrogen and oxygen atoms in total. The van der Waals surface area contributed by atoms with Crippen LogP contribution in [0.25, 0.3) is 6.08 Å². The van der Waals surface area contributed by atoms with Crippen LogP contribution in [0.4, 0.5) is 0 Å². The summed E-state index contributed by atoms with van der Waals surface area (Å²) in [7, 11) is 1.42. The lowest BCUT2D eigenvalue weighted by Crippen LogP contribution is -2.32. The fourth-order valence-electron chi connectivity index (χ4n) is 3.73. The summed E-state index contributed by atoms with van der Waals surface area (Å²) in [6.07, 6.45) is 3.58. The van der Waals surface area contributed by atoms with E-state index < -0.39 is 23.5 Å². The Morgan fingerprint density at radius 1 is 1.15 bits per heavy atom. The number of benzene rings is 2. The number of ketones is 1. The molecule has 0 saturated heterocycles. The van der Waals surface area contributed by atoms with Crippen molar-refractivity contribution in [2.24, 2.45) is 0 Å². The number of hydrogen-bond donors (Lipinski definition) is 2. The van der Waals surface area contributed by atoms with Gasteiger partial charge in [-0.05, 0) is 49.6 Å². The van der Waals surface area contributed by atoms with Crippen molar-refractivity contribution in [3.8, 4) is 11.5 Å². The fraction of sp³-hybridized carbons (Fsp3) is 0.308. The van der Waals surface area contributed by atoms with Gasteiger partial charge >= 0.3 is 0 Å². The van der Waals surface area contributed by atoms with Gasteiger partial charge in [-0.25, -0.2) is 0 Å². The fourth-order valence-corrected chi connectivity index (χ4v) is 3.73. The van der Waals surface area contributed by atoms with Crippen LogP contribution in [0.3, 0.4) is 0 Å². The van der Waals surface area contributed by atoms with Crippen LogP contribution < -0.4 is 4.74 Å². The molecule has 3 rings (SSSR count). The molecule has 0 radical (unpaired) electrons. The molecule has 7 heteroatoms. The Bertz CT molecular complexity index is 1060. The maximum Gasteiger partial charge on any atom is 0.290 e. The number of phenols is 1. The summed E-state index contributed by atoms with van der Waals surface area (Å²) in [5.41, 5.74) is 1.36. The number of allylic oxidation sites excluding steroid dienone is 1. The highest BCUT2D eigenvalue weighted by molar-refractivity contribution is 6.14. The Labute approximate surface area is 193 Å². The molecular weight excluding hydrogens is 422 g/mol. The van der Waals surface area contributed by atoms with Crippen molar-refractivity contribution in [1.82, 2.24) is 4.90 Å². The summed E-state index contributed by atoms with van der Waals surface area (Å²) in [5, 5.41) is 20.7. The first-order valence-electron chi connectivity index (χ1n) is 10.8. The van der Waals surface area contributed by atoms with Crippen molar-refractivity contribution in [1.29, 1.82) is 0 Å². The average molecular weight is 452 g/mol. The molecule has 2 aromatic carbocycles. The van der Waals surface area contributed by atoms with E-state index in [9.17, 15) is 19.8 Å². The van der Waals surface area contributed by atoms with Crippen molar-refractivity contribution in [2.75, 3.05) is 20.3 Å². The van der Waals surface area contributed by atoms with E-state index >= 15 is 0 Å². The van der Waals surface area contributed by atoms with Gasteiger partial charge in [0.05, 0.1) is 24.8 Å². The molecule has 2 N–H and O–H groups in total. The molecule has 0 aromatic heterocycles. The van der Waals surface area contributed by atoms with Crippen LogP contribution >= 0.6 is 0 Å². The Balaban J connectivity index is 1.95. The zero-order chi connectivity index (χ0) is 24.0. The summed E-state index contributed by atoms with van der Waals surface area (Å²) in [6.45, 7) is 4.57. The predicted molar refractivity (Wildman–Crippen MR) is 125 cm³/mol. The minimum atomic E-state index is -0.820. The molecule has 2 aromatic rings. The Hall–Kier alpha value is -3.58. The number of carbonyl (C=O) groups excluding carboxylic acids is 2. The summed E-state index contributed by atoms with van der Waals surface area (Å²) in [4.78, 5) is 27.6. The highest BCUT2D eigenvalue weighted by atomic mass is 16.5. The normalized spacial score (nSPS) is 16.3. The van der Waals surface area contributed by atoms with Gasteiger partial charge in [-0.15, -0.1) is 0 Å². The number of hydrogen-bond acceptors (Lipinski definition) is 6. The third kappa shape index (κ3) is 5.62. The highest BCUT2D eigenvalue weighted by Gasteiger charge is 2.42. The number of ether oxygens (including phenoxy) is 2. The van der Waals surface area contributed by atoms with Crippen molar-refractivity contribution in [3.05, 3.63) is 77.1 Å². The number of aliphatic hydroxyl groups excluding tert-OH is 1. The van der Waals surface area contributed by atoms with Crippen molar-refractivity contribution < 1.29 is 29.3 Å². The molecule has 1 amide bonds. The van der Waals surface area contributed by atoms with E-state index in [2.05, 4.69) is 0 Å². The number of carbonyl (C=O) groups is 2. The molecule has 1 heterocycles. The van der Waals surface area contributed by atoms with Crippen molar-refractivity contribution in [2.45, 2.75) is 32.4 Å². The number of aromatic hydroxyl groups is 1. The van der Waals surface area contributed by atoms with E-state index in [1.165, 1.54) is 24.2 Å². The van der Waals surface area contributed by atoms with E-state index in [1.54, 1.807) is 18.2 Å². The molecule has 1 aliphatic rings. The maximum atomic E-state index is 13.2. The molecule has 0 saturated carbocycles. The lowest BCUT2D eigenvalue weighted by atomic mass is 9.95. The second kappa shape index (κ2) is 10.8. The van der Waals surface area contributed by atoms with Crippen LogP contribution in [0, 0.1) is 0 Å². The lowest BCUT2D eigenvalue weighted by molar-refractivity contribution is -0.129. The van der Waals surface area contributed by atoms with Gasteiger partial charge in [0.2, 0.25) is 0 Å². The Kier molecular flexibility index (Phi) is 7.90. The topological polar surface area (TPSA) is 96.3 Å². The standard InChI is InChI=1S/C26H29NO6/c1-17(2)33-15-7-14-27-24(19-11-13-20(28)22(16-19)32-3)23(25(30)26(27)31)21(29)12-10-18-8-5-4-6-9-18/h4-6,8-13,16-17,24,28,30H,7,14-15H2,1-3H3/b12-10+/t24-/m1/s1. The second-order valence-corrected chi connectivity index (χ2v) is 7.98. The first kappa shape index (κ1) is 24.1. The smallest absolute Gasteiger partial charge is 0.290 e. The van der Waals surface area contributed by atoms with E-state index in [0.717, 1.165) is 5.56 Å². The largest absolute Gasteiger partial charge is 0.504 e. The molecule has 33 heavy (non-hydrogen) atoms. The van der Waals surface area contributed by atoms with Gasteiger partial charge in [-0.2, -0.15) is 0 Å². The van der Waals surface area contributed by atoms with Crippen LogP contribution in [-0.2, 0) is 14.3 Å². The van der Waals surface area contributed by atoms with Crippen LogP contribution in [-0.4, -0.2) is 53.2 Å². The van der Waals surface area contributed by atoms with Crippen LogP contribution in [0.15, 0.2) is 65.9 Å². The predicted octanol–water partition coefficient (Wildman–Crippen LogP) is 4.19. The lowest BCUT2D eigenvalue weighted by Gasteiger charge is -2.27. The van der Waals surface area contributed by atoms with Crippen LogP contribution in [0.1, 0.15) is 37.4 Å². The molecule has 1 atom stereocenters. The number of amides is 1. The summed E-state index contributed by atoms with van der Waals surface area (Å²) in [5.74, 6) is -1.51. The number of aliphatic hydroxyl groups is 1. The summed E-state index contributed by atoms with van der Waals surface area (Å²) >= 11 is 0. The molecule has 0 spiro atoms. The van der Waals surface area contributed by atoms with Crippen LogP contribution in [0.2, 0.25) is 0 Å². The van der Waals surface area contributed by atoms with Gasteiger partial charge in [0.15, 0.2) is 23.0 Å². The highest BCUT2D eigenvalue weighted by Crippen LogP contribution is 2.40. The Morgan fingerprint density at radius 2 is 1.88 bits per heavy atom. The quantitative estimate of drug-likeness (QED) is 0.415. The number of nitrogens with zero attached hydrogens (tertiary/aromatic N) is 1. The summed E-state index contributed by atoms with van der Waals surface area (Å²) < 4.78 is 10.8. The van der Waals surface area contributed by atoms with Gasteiger partial charge in [0, 0.05) is 13.2 Å². The van der Waals surface area contributed by atoms with Gasteiger partial charge in [0.1, 0.15) is 0 Å². The first-order chi connectivity index (χ1) is 15.8. The minimum Gasteiger partial charge on any atom is -0.504 e. The summed E-state index contributed by atoms with van der Waals surface area (Å²) in [6, 6.07) is 13.1. The molecule has 174 valence electrons. The first-order valence-corrected chi connectivity index (χ1v) is 10.8. The number of rotatable bonds is 10. The third-order valence-electron chi connectivity index (χ3n) is 5.31. The average Bonchev–Trinajstić information content (AvgIpc) is 3.06. The number of phenolic OH excluding ortho intramolecular Hbond substituents is 1. The molecule has 0 aliphatic carbocycles. The third-order valence-corrected chi connectivity index (χ3v) is 5.31. The van der Waals surface area contributed by atoms with Gasteiger partial charge in [-0.3, -0.25) is 9.59 Å². The van der Waals surface area contributed by atoms with Gasteiger partial charge in [0.25, 0.3) is 5.91 Å². The van der Waals surface area contributed by atoms with E-state index in [0.29, 0.717) is 18.6 Å². The molecule has 0 unspecified atom stereocenters. The van der Waals surface area contributed by atoms with Crippen molar-refractivity contribution in [3.63, 3.8) is 0 Å². The second-order valence-electron chi connectivity index (χ2n) is 7.98. The van der Waals surface area contributed by atoms with E-state index in [4.69, 9.17) is 9.47 Å². The van der Waals surface area contributed by atoms with E-state index in [-0.39, 0.29) is 29.7 Å². The maximum absolute atomic E-state index is 13.2. The molecule has 0 bridgehead atoms. The zero-order valence-corrected chi connectivity index (χ0v) is 19.0. The molecule has 0 fully saturated rings. The van der Waals surface area contributed by atoms with E-state index in [1.807, 2.05) is 44.2 Å². The Morgan fingerprint density at radius 3 is 2.55 bits per heavy atom. The van der Waals surface area contributed by atoms with Crippen molar-refractivity contribution >= 4 is 17.8 Å². The zero-order valence-electron chi connectivity index (χ0n) is 19.0. The monoisotopic (exact) mass is 451 g/mol. The SMILES string of the molecule is COc1cc([C@@H]2C(C(=O)/C=C/c3ccccc3)=C(O)C(=O)N2CCCOC(C)C)ccc1O. The van der Waals surface area contributed by atoms with Gasteiger partial charge in [-0.1, -0.05) is 42.5 Å². The molecule has 1 aliphatic heterocycles.